The second kappa shape index (κ2) is 16.1. The van der Waals surface area contributed by atoms with Gasteiger partial charge in [0.05, 0.1) is 35.8 Å². The van der Waals surface area contributed by atoms with Crippen LogP contribution in [-0.2, 0) is 37.8 Å². The molecule has 0 fully saturated rings. The van der Waals surface area contributed by atoms with Gasteiger partial charge in [-0.25, -0.2) is 21.6 Å². The molecule has 10 nitrogen and oxygen atoms in total. The molecular formula is C32H43N3O7S2. The molecule has 3 aromatic carbocycles. The van der Waals surface area contributed by atoms with E-state index in [1.165, 1.54) is 30.5 Å². The molecule has 0 aliphatic heterocycles. The van der Waals surface area contributed by atoms with Crippen LogP contribution < -0.4 is 14.8 Å². The summed E-state index contributed by atoms with van der Waals surface area (Å²) in [5.41, 5.74) is 1.60. The summed E-state index contributed by atoms with van der Waals surface area (Å²) in [5, 5.41) is 14.3. The number of nitrogens with one attached hydrogen (secondary N) is 2. The fraction of sp³-hybridized carbons (Fsp3) is 0.406. The molecule has 0 aromatic heterocycles. The Labute approximate surface area is 261 Å². The molecule has 3 aromatic rings. The summed E-state index contributed by atoms with van der Waals surface area (Å²) in [4.78, 5) is 13.3. The first-order chi connectivity index (χ1) is 20.8. The lowest BCUT2D eigenvalue weighted by Crippen LogP contribution is -2.52. The van der Waals surface area contributed by atoms with Gasteiger partial charge in [-0.3, -0.25) is 4.79 Å². The first-order valence-electron chi connectivity index (χ1n) is 14.5. The van der Waals surface area contributed by atoms with E-state index in [4.69, 9.17) is 4.74 Å². The maximum atomic E-state index is 13.6. The van der Waals surface area contributed by atoms with Crippen molar-refractivity contribution in [3.05, 3.63) is 96.1 Å². The highest BCUT2D eigenvalue weighted by atomic mass is 32.2. The van der Waals surface area contributed by atoms with Gasteiger partial charge in [0, 0.05) is 19.6 Å². The van der Waals surface area contributed by atoms with E-state index in [0.717, 1.165) is 11.1 Å². The molecule has 0 radical (unpaired) electrons. The number of carbonyl (C=O) groups is 1. The summed E-state index contributed by atoms with van der Waals surface area (Å²) in [6, 6.07) is 23.3. The maximum absolute atomic E-state index is 13.6. The number of amides is 1. The number of sulfonamides is 2. The van der Waals surface area contributed by atoms with Crippen molar-refractivity contribution in [2.75, 3.05) is 26.0 Å². The third-order valence-electron chi connectivity index (χ3n) is 7.00. The van der Waals surface area contributed by atoms with Crippen molar-refractivity contribution in [2.24, 2.45) is 11.8 Å². The van der Waals surface area contributed by atoms with E-state index >= 15 is 0 Å². The molecule has 12 heteroatoms. The molecule has 44 heavy (non-hydrogen) atoms. The predicted molar refractivity (Wildman–Crippen MR) is 171 cm³/mol. The Bertz CT molecular complexity index is 1530. The minimum Gasteiger partial charge on any atom is -0.497 e. The molecule has 3 atom stereocenters. The number of aliphatic hydroxyl groups is 1. The molecule has 0 aliphatic rings. The highest BCUT2D eigenvalue weighted by molar-refractivity contribution is 7.89. The number of hydrogen-bond donors (Lipinski definition) is 3. The predicted octanol–water partition coefficient (Wildman–Crippen LogP) is 3.19. The summed E-state index contributed by atoms with van der Waals surface area (Å²) >= 11 is 0. The zero-order chi connectivity index (χ0) is 32.3. The van der Waals surface area contributed by atoms with E-state index in [9.17, 15) is 26.7 Å². The lowest BCUT2D eigenvalue weighted by atomic mass is 10.00. The number of rotatable bonds is 17. The average Bonchev–Trinajstić information content (AvgIpc) is 3.00. The van der Waals surface area contributed by atoms with Crippen molar-refractivity contribution in [2.45, 2.75) is 50.8 Å². The van der Waals surface area contributed by atoms with Crippen molar-refractivity contribution in [3.8, 4) is 5.75 Å². The second-order valence-electron chi connectivity index (χ2n) is 11.3. The van der Waals surface area contributed by atoms with Gasteiger partial charge in [-0.1, -0.05) is 81.4 Å². The van der Waals surface area contributed by atoms with Crippen molar-refractivity contribution >= 4 is 26.0 Å². The Hall–Kier alpha value is -3.29. The average molecular weight is 646 g/mol. The molecule has 240 valence electrons. The first-order valence-corrected chi connectivity index (χ1v) is 17.6. The minimum absolute atomic E-state index is 0.0500. The normalized spacial score (nSPS) is 14.2. The maximum Gasteiger partial charge on any atom is 0.243 e. The summed E-state index contributed by atoms with van der Waals surface area (Å²) in [5.74, 6) is -1.50. The van der Waals surface area contributed by atoms with Crippen LogP contribution in [0.2, 0.25) is 0 Å². The number of hydrogen-bond acceptors (Lipinski definition) is 7. The number of ether oxygens (including phenoxy) is 1. The third kappa shape index (κ3) is 10.7. The van der Waals surface area contributed by atoms with Crippen LogP contribution in [0.5, 0.6) is 5.75 Å². The Kier molecular flexibility index (Phi) is 12.9. The lowest BCUT2D eigenvalue weighted by molar-refractivity contribution is -0.125. The van der Waals surface area contributed by atoms with E-state index in [2.05, 4.69) is 10.0 Å². The van der Waals surface area contributed by atoms with Crippen molar-refractivity contribution in [3.63, 3.8) is 0 Å². The Morgan fingerprint density at radius 3 is 1.95 bits per heavy atom. The van der Waals surface area contributed by atoms with Gasteiger partial charge < -0.3 is 15.2 Å². The SMILES string of the molecule is COc1ccc(S(=O)(=O)N(CC(C)C)CC(O)[C@H](Cc2ccccc2)NC(=O)[C@H](C)CS(=O)(=O)NCc2ccccc2)cc1. The molecule has 0 bridgehead atoms. The minimum atomic E-state index is -4.00. The lowest BCUT2D eigenvalue weighted by Gasteiger charge is -2.31. The van der Waals surface area contributed by atoms with Gasteiger partial charge in [-0.2, -0.15) is 4.31 Å². The first kappa shape index (κ1) is 35.2. The van der Waals surface area contributed by atoms with Gasteiger partial charge in [0.1, 0.15) is 5.75 Å². The monoisotopic (exact) mass is 645 g/mol. The quantitative estimate of drug-likeness (QED) is 0.205. The van der Waals surface area contributed by atoms with Crippen LogP contribution in [0.3, 0.4) is 0 Å². The zero-order valence-electron chi connectivity index (χ0n) is 25.6. The van der Waals surface area contributed by atoms with Crippen LogP contribution in [0.25, 0.3) is 0 Å². The molecule has 1 unspecified atom stereocenters. The molecule has 0 aliphatic carbocycles. The molecule has 3 N–H and O–H groups in total. The van der Waals surface area contributed by atoms with Gasteiger partial charge in [0.2, 0.25) is 26.0 Å². The zero-order valence-corrected chi connectivity index (χ0v) is 27.2. The second-order valence-corrected chi connectivity index (χ2v) is 15.0. The van der Waals surface area contributed by atoms with Crippen LogP contribution >= 0.6 is 0 Å². The Morgan fingerprint density at radius 1 is 0.841 bits per heavy atom. The molecule has 3 rings (SSSR count). The molecule has 0 saturated heterocycles. The smallest absolute Gasteiger partial charge is 0.243 e. The van der Waals surface area contributed by atoms with Crippen LogP contribution in [0.15, 0.2) is 89.8 Å². The fourth-order valence-electron chi connectivity index (χ4n) is 4.64. The highest BCUT2D eigenvalue weighted by Crippen LogP contribution is 2.22. The van der Waals surface area contributed by atoms with E-state index < -0.39 is 49.8 Å². The van der Waals surface area contributed by atoms with Crippen LogP contribution in [-0.4, -0.2) is 70.3 Å². The van der Waals surface area contributed by atoms with Gasteiger partial charge >= 0.3 is 0 Å². The molecule has 0 heterocycles. The number of carbonyl (C=O) groups excluding carboxylic acids is 1. The van der Waals surface area contributed by atoms with Gasteiger partial charge in [0.15, 0.2) is 0 Å². The summed E-state index contributed by atoms with van der Waals surface area (Å²) in [6.45, 7) is 5.21. The summed E-state index contributed by atoms with van der Waals surface area (Å²) in [7, 11) is -6.31. The van der Waals surface area contributed by atoms with E-state index in [-0.39, 0.29) is 36.9 Å². The van der Waals surface area contributed by atoms with Crippen molar-refractivity contribution in [1.82, 2.24) is 14.3 Å². The number of aliphatic hydroxyl groups excluding tert-OH is 1. The van der Waals surface area contributed by atoms with Gasteiger partial charge in [-0.05, 0) is 47.7 Å². The highest BCUT2D eigenvalue weighted by Gasteiger charge is 2.32. The Morgan fingerprint density at radius 2 is 1.41 bits per heavy atom. The summed E-state index contributed by atoms with van der Waals surface area (Å²) in [6.07, 6.45) is -1.09. The van der Waals surface area contributed by atoms with Gasteiger partial charge in [-0.15, -0.1) is 0 Å². The number of nitrogens with zero attached hydrogens (tertiary/aromatic N) is 1. The standard InChI is InChI=1S/C32H43N3O7S2/c1-24(2)21-35(44(40,41)29-17-15-28(42-4)16-18-29)22-31(36)30(19-26-11-7-5-8-12-26)34-32(37)25(3)23-43(38,39)33-20-27-13-9-6-10-14-27/h5-18,24-25,30-31,33,36H,19-23H2,1-4H3,(H,34,37)/t25-,30+,31?/m1/s1. The van der Waals surface area contributed by atoms with Crippen molar-refractivity contribution < 1.29 is 31.5 Å². The molecule has 1 amide bonds. The van der Waals surface area contributed by atoms with E-state index in [1.807, 2.05) is 62.4 Å². The Balaban J connectivity index is 1.78. The number of benzene rings is 3. The molecule has 0 spiro atoms. The third-order valence-corrected chi connectivity index (χ3v) is 10.4. The van der Waals surface area contributed by atoms with Crippen LogP contribution in [0, 0.1) is 11.8 Å². The topological polar surface area (TPSA) is 142 Å². The summed E-state index contributed by atoms with van der Waals surface area (Å²) < 4.78 is 61.7. The van der Waals surface area contributed by atoms with Crippen molar-refractivity contribution in [1.29, 1.82) is 0 Å². The molecular weight excluding hydrogens is 603 g/mol. The number of methoxy groups -OCH3 is 1. The van der Waals surface area contributed by atoms with E-state index in [0.29, 0.717) is 5.75 Å². The van der Waals surface area contributed by atoms with Crippen LogP contribution in [0.1, 0.15) is 31.9 Å². The van der Waals surface area contributed by atoms with Crippen LogP contribution in [0.4, 0.5) is 0 Å². The molecule has 0 saturated carbocycles. The largest absolute Gasteiger partial charge is 0.497 e. The fourth-order valence-corrected chi connectivity index (χ4v) is 7.58. The van der Waals surface area contributed by atoms with E-state index in [1.54, 1.807) is 24.3 Å². The van der Waals surface area contributed by atoms with Gasteiger partial charge in [0.25, 0.3) is 0 Å².